The number of thiazole rings is 1. The van der Waals surface area contributed by atoms with Gasteiger partial charge in [0.25, 0.3) is 0 Å². The Bertz CT molecular complexity index is 542. The average molecular weight is 292 g/mol. The molecule has 0 fully saturated rings. The Labute approximate surface area is 123 Å². The predicted molar refractivity (Wildman–Crippen MR) is 81.4 cm³/mol. The summed E-state index contributed by atoms with van der Waals surface area (Å²) in [6.07, 6.45) is 0.358. The first-order chi connectivity index (χ1) is 9.69. The summed E-state index contributed by atoms with van der Waals surface area (Å²) in [6.45, 7) is 3.34. The number of aryl methyl sites for hydroxylation is 1. The summed E-state index contributed by atoms with van der Waals surface area (Å²) in [5.41, 5.74) is 1.97. The van der Waals surface area contributed by atoms with Crippen LogP contribution in [-0.4, -0.2) is 30.3 Å². The van der Waals surface area contributed by atoms with Crippen molar-refractivity contribution in [1.82, 2.24) is 10.3 Å². The molecular formula is C15H20N2O2S. The molecule has 0 amide bonds. The van der Waals surface area contributed by atoms with Crippen LogP contribution in [0.5, 0.6) is 5.75 Å². The van der Waals surface area contributed by atoms with E-state index in [9.17, 15) is 5.11 Å². The number of aromatic nitrogens is 1. The minimum absolute atomic E-state index is 0.524. The molecule has 0 aliphatic rings. The molecule has 108 valence electrons. The van der Waals surface area contributed by atoms with Crippen LogP contribution in [0.15, 0.2) is 29.6 Å². The molecule has 0 saturated heterocycles. The molecule has 2 aromatic rings. The van der Waals surface area contributed by atoms with Crippen LogP contribution in [0.25, 0.3) is 0 Å². The Kier molecular flexibility index (Phi) is 5.52. The van der Waals surface area contributed by atoms with Crippen molar-refractivity contribution < 1.29 is 9.84 Å². The number of benzene rings is 1. The number of aliphatic hydroxyl groups is 1. The third kappa shape index (κ3) is 4.30. The highest BCUT2D eigenvalue weighted by Crippen LogP contribution is 2.18. The highest BCUT2D eigenvalue weighted by molar-refractivity contribution is 7.09. The molecule has 0 radical (unpaired) electrons. The molecule has 1 unspecified atom stereocenters. The molecule has 0 aliphatic carbocycles. The van der Waals surface area contributed by atoms with Gasteiger partial charge in [-0.05, 0) is 24.6 Å². The van der Waals surface area contributed by atoms with Crippen LogP contribution in [0.1, 0.15) is 22.4 Å². The maximum atomic E-state index is 10.1. The largest absolute Gasteiger partial charge is 0.497 e. The van der Waals surface area contributed by atoms with Gasteiger partial charge in [-0.3, -0.25) is 0 Å². The minimum Gasteiger partial charge on any atom is -0.497 e. The quantitative estimate of drug-likeness (QED) is 0.769. The van der Waals surface area contributed by atoms with E-state index < -0.39 is 6.10 Å². The van der Waals surface area contributed by atoms with Crippen LogP contribution in [0, 0.1) is 6.92 Å². The molecule has 1 aromatic carbocycles. The lowest BCUT2D eigenvalue weighted by Crippen LogP contribution is -2.23. The van der Waals surface area contributed by atoms with Gasteiger partial charge in [0.15, 0.2) is 0 Å². The lowest BCUT2D eigenvalue weighted by Gasteiger charge is -2.13. The highest BCUT2D eigenvalue weighted by Gasteiger charge is 2.08. The number of nitrogens with one attached hydrogen (secondary N) is 1. The number of hydrogen-bond donors (Lipinski definition) is 2. The molecule has 0 bridgehead atoms. The molecule has 20 heavy (non-hydrogen) atoms. The Hall–Kier alpha value is -1.43. The molecule has 2 N–H and O–H groups in total. The van der Waals surface area contributed by atoms with Crippen LogP contribution < -0.4 is 10.1 Å². The van der Waals surface area contributed by atoms with Crippen molar-refractivity contribution in [1.29, 1.82) is 0 Å². The third-order valence-electron chi connectivity index (χ3n) is 3.04. The zero-order chi connectivity index (χ0) is 14.4. The van der Waals surface area contributed by atoms with Gasteiger partial charge < -0.3 is 15.2 Å². The SMILES string of the molecule is COc1cccc(C(O)CNCCc2csc(C)n2)c1. The molecule has 1 heterocycles. The summed E-state index contributed by atoms with van der Waals surface area (Å²) < 4.78 is 5.15. The summed E-state index contributed by atoms with van der Waals surface area (Å²) in [7, 11) is 1.62. The number of methoxy groups -OCH3 is 1. The lowest BCUT2D eigenvalue weighted by atomic mass is 10.1. The van der Waals surface area contributed by atoms with Gasteiger partial charge in [-0.1, -0.05) is 12.1 Å². The summed E-state index contributed by atoms with van der Waals surface area (Å²) in [4.78, 5) is 4.41. The Morgan fingerprint density at radius 1 is 1.45 bits per heavy atom. The van der Waals surface area contributed by atoms with E-state index in [2.05, 4.69) is 15.7 Å². The van der Waals surface area contributed by atoms with Crippen molar-refractivity contribution in [3.63, 3.8) is 0 Å². The van der Waals surface area contributed by atoms with Crippen molar-refractivity contribution in [3.05, 3.63) is 45.9 Å². The Morgan fingerprint density at radius 2 is 2.30 bits per heavy atom. The van der Waals surface area contributed by atoms with E-state index >= 15 is 0 Å². The van der Waals surface area contributed by atoms with Crippen LogP contribution >= 0.6 is 11.3 Å². The molecule has 0 saturated carbocycles. The predicted octanol–water partition coefficient (Wildman–Crippen LogP) is 2.33. The van der Waals surface area contributed by atoms with E-state index in [4.69, 9.17) is 4.74 Å². The van der Waals surface area contributed by atoms with Gasteiger partial charge in [0.05, 0.1) is 23.9 Å². The van der Waals surface area contributed by atoms with E-state index in [-0.39, 0.29) is 0 Å². The number of rotatable bonds is 7. The molecule has 2 rings (SSSR count). The molecule has 1 atom stereocenters. The van der Waals surface area contributed by atoms with Crippen molar-refractivity contribution >= 4 is 11.3 Å². The Balaban J connectivity index is 1.75. The molecule has 5 heteroatoms. The van der Waals surface area contributed by atoms with Gasteiger partial charge in [-0.25, -0.2) is 4.98 Å². The highest BCUT2D eigenvalue weighted by atomic mass is 32.1. The van der Waals surface area contributed by atoms with Gasteiger partial charge in [0.2, 0.25) is 0 Å². The van der Waals surface area contributed by atoms with Crippen molar-refractivity contribution in [3.8, 4) is 5.75 Å². The topological polar surface area (TPSA) is 54.4 Å². The van der Waals surface area contributed by atoms with Crippen LogP contribution in [-0.2, 0) is 6.42 Å². The number of hydrogen-bond acceptors (Lipinski definition) is 5. The van der Waals surface area contributed by atoms with E-state index in [0.717, 1.165) is 35.0 Å². The average Bonchev–Trinajstić information content (AvgIpc) is 2.89. The van der Waals surface area contributed by atoms with Crippen LogP contribution in [0.2, 0.25) is 0 Å². The lowest BCUT2D eigenvalue weighted by molar-refractivity contribution is 0.174. The van der Waals surface area contributed by atoms with Gasteiger partial charge in [0.1, 0.15) is 5.75 Å². The first kappa shape index (κ1) is 15.0. The fourth-order valence-electron chi connectivity index (χ4n) is 1.94. The summed E-state index contributed by atoms with van der Waals surface area (Å²) >= 11 is 1.67. The third-order valence-corrected chi connectivity index (χ3v) is 3.86. The molecule has 0 spiro atoms. The van der Waals surface area contributed by atoms with E-state index in [0.29, 0.717) is 6.54 Å². The van der Waals surface area contributed by atoms with Crippen molar-refractivity contribution in [2.75, 3.05) is 20.2 Å². The normalized spacial score (nSPS) is 12.3. The zero-order valence-corrected chi connectivity index (χ0v) is 12.6. The summed E-state index contributed by atoms with van der Waals surface area (Å²) in [5, 5.41) is 16.5. The van der Waals surface area contributed by atoms with E-state index in [1.807, 2.05) is 31.2 Å². The van der Waals surface area contributed by atoms with Crippen molar-refractivity contribution in [2.24, 2.45) is 0 Å². The first-order valence-electron chi connectivity index (χ1n) is 6.63. The first-order valence-corrected chi connectivity index (χ1v) is 7.50. The summed E-state index contributed by atoms with van der Waals surface area (Å²) in [5.74, 6) is 0.763. The standard InChI is InChI=1S/C15H20N2O2S/c1-11-17-13(10-20-11)6-7-16-9-15(18)12-4-3-5-14(8-12)19-2/h3-5,8,10,15-16,18H,6-7,9H2,1-2H3. The summed E-state index contributed by atoms with van der Waals surface area (Å²) in [6, 6.07) is 7.51. The zero-order valence-electron chi connectivity index (χ0n) is 11.8. The molecular weight excluding hydrogens is 272 g/mol. The molecule has 1 aromatic heterocycles. The van der Waals surface area contributed by atoms with Gasteiger partial charge >= 0.3 is 0 Å². The van der Waals surface area contributed by atoms with Crippen molar-refractivity contribution in [2.45, 2.75) is 19.4 Å². The Morgan fingerprint density at radius 3 is 3.00 bits per heavy atom. The second-order valence-electron chi connectivity index (χ2n) is 4.60. The molecule has 4 nitrogen and oxygen atoms in total. The smallest absolute Gasteiger partial charge is 0.119 e. The van der Waals surface area contributed by atoms with Gasteiger partial charge in [0, 0.05) is 24.9 Å². The maximum Gasteiger partial charge on any atom is 0.119 e. The van der Waals surface area contributed by atoms with Gasteiger partial charge in [-0.15, -0.1) is 11.3 Å². The fraction of sp³-hybridized carbons (Fsp3) is 0.400. The second kappa shape index (κ2) is 7.38. The van der Waals surface area contributed by atoms with Crippen LogP contribution in [0.3, 0.4) is 0 Å². The van der Waals surface area contributed by atoms with E-state index in [1.54, 1.807) is 18.4 Å². The maximum absolute atomic E-state index is 10.1. The molecule has 0 aliphatic heterocycles. The fourth-order valence-corrected chi connectivity index (χ4v) is 2.59. The van der Waals surface area contributed by atoms with Crippen LogP contribution in [0.4, 0.5) is 0 Å². The minimum atomic E-state index is -0.526. The second-order valence-corrected chi connectivity index (χ2v) is 5.67. The van der Waals surface area contributed by atoms with E-state index in [1.165, 1.54) is 0 Å². The number of nitrogens with zero attached hydrogens (tertiary/aromatic N) is 1. The van der Waals surface area contributed by atoms with Gasteiger partial charge in [-0.2, -0.15) is 0 Å². The monoisotopic (exact) mass is 292 g/mol. The number of aliphatic hydroxyl groups excluding tert-OH is 1. The number of ether oxygens (including phenoxy) is 1.